The van der Waals surface area contributed by atoms with Gasteiger partial charge in [0.1, 0.15) is 0 Å². The summed E-state index contributed by atoms with van der Waals surface area (Å²) in [5.74, 6) is -0.891. The van der Waals surface area contributed by atoms with Crippen LogP contribution in [-0.4, -0.2) is 29.0 Å². The molecular formula is C19H19N5O6S. The number of rotatable bonds is 6. The van der Waals surface area contributed by atoms with Crippen LogP contribution in [0.5, 0.6) is 0 Å². The number of fused-ring (bicyclic) bond motifs is 1. The average molecular weight is 445 g/mol. The lowest BCUT2D eigenvalue weighted by Crippen LogP contribution is -2.43. The van der Waals surface area contributed by atoms with E-state index in [4.69, 9.17) is 0 Å². The Labute approximate surface area is 176 Å². The van der Waals surface area contributed by atoms with Crippen LogP contribution in [0.15, 0.2) is 52.2 Å². The molecule has 0 bridgehead atoms. The standard InChI is InChI=1S/C19H19N5O6S/c1-11(2)23-19(26)15-7-5-4-6-14(15)17(21-23)18(25)20-22-31(29,30)16-10-13(24(27)28)9-8-12(16)3/h4-11,22H,1-3H3,(H,20,25). The van der Waals surface area contributed by atoms with Gasteiger partial charge in [-0.1, -0.05) is 24.3 Å². The molecule has 0 saturated heterocycles. The van der Waals surface area contributed by atoms with E-state index in [1.807, 2.05) is 4.83 Å². The van der Waals surface area contributed by atoms with Gasteiger partial charge >= 0.3 is 0 Å². The second-order valence-corrected chi connectivity index (χ2v) is 8.66. The van der Waals surface area contributed by atoms with Gasteiger partial charge in [-0.3, -0.25) is 25.1 Å². The molecule has 0 fully saturated rings. The van der Waals surface area contributed by atoms with Crippen LogP contribution < -0.4 is 15.8 Å². The summed E-state index contributed by atoms with van der Waals surface area (Å²) in [4.78, 5) is 37.2. The monoisotopic (exact) mass is 445 g/mol. The number of hydrogen-bond acceptors (Lipinski definition) is 7. The van der Waals surface area contributed by atoms with Gasteiger partial charge in [-0.25, -0.2) is 13.1 Å². The maximum Gasteiger partial charge on any atom is 0.287 e. The molecule has 0 saturated carbocycles. The lowest BCUT2D eigenvalue weighted by atomic mass is 10.1. The highest BCUT2D eigenvalue weighted by Gasteiger charge is 2.23. The Morgan fingerprint density at radius 1 is 1.16 bits per heavy atom. The van der Waals surface area contributed by atoms with E-state index in [9.17, 15) is 28.1 Å². The zero-order chi connectivity index (χ0) is 22.9. The number of hydrazine groups is 1. The third-order valence-electron chi connectivity index (χ3n) is 4.50. The van der Waals surface area contributed by atoms with E-state index < -0.39 is 26.5 Å². The molecule has 11 nitrogen and oxygen atoms in total. The summed E-state index contributed by atoms with van der Waals surface area (Å²) >= 11 is 0. The van der Waals surface area contributed by atoms with E-state index in [-0.39, 0.29) is 38.5 Å². The van der Waals surface area contributed by atoms with Crippen molar-refractivity contribution in [2.75, 3.05) is 0 Å². The van der Waals surface area contributed by atoms with Crippen molar-refractivity contribution in [3.05, 3.63) is 74.2 Å². The van der Waals surface area contributed by atoms with Gasteiger partial charge in [0.25, 0.3) is 27.2 Å². The highest BCUT2D eigenvalue weighted by molar-refractivity contribution is 7.89. The summed E-state index contributed by atoms with van der Waals surface area (Å²) in [6, 6.07) is 9.37. The Morgan fingerprint density at radius 2 is 1.81 bits per heavy atom. The van der Waals surface area contributed by atoms with Crippen LogP contribution in [-0.2, 0) is 10.0 Å². The molecule has 12 heteroatoms. The van der Waals surface area contributed by atoms with E-state index in [2.05, 4.69) is 10.5 Å². The minimum atomic E-state index is -4.32. The molecule has 0 aliphatic rings. The first-order valence-electron chi connectivity index (χ1n) is 9.11. The fraction of sp³-hybridized carbons (Fsp3) is 0.211. The number of nitrogens with zero attached hydrogens (tertiary/aromatic N) is 3. The third kappa shape index (κ3) is 4.29. The molecule has 0 unspecified atom stereocenters. The number of amides is 1. The second-order valence-electron chi connectivity index (χ2n) is 7.00. The Kier molecular flexibility index (Phi) is 5.86. The topological polar surface area (TPSA) is 153 Å². The maximum atomic E-state index is 12.8. The zero-order valence-corrected chi connectivity index (χ0v) is 17.6. The van der Waals surface area contributed by atoms with E-state index in [1.54, 1.807) is 32.0 Å². The van der Waals surface area contributed by atoms with E-state index in [1.165, 1.54) is 25.1 Å². The molecule has 3 aromatic rings. The Morgan fingerprint density at radius 3 is 2.42 bits per heavy atom. The lowest BCUT2D eigenvalue weighted by molar-refractivity contribution is -0.385. The van der Waals surface area contributed by atoms with Crippen molar-refractivity contribution in [3.8, 4) is 0 Å². The van der Waals surface area contributed by atoms with E-state index >= 15 is 0 Å². The molecular weight excluding hydrogens is 426 g/mol. The van der Waals surface area contributed by atoms with Crippen LogP contribution in [0.3, 0.4) is 0 Å². The number of non-ortho nitro benzene ring substituents is 1. The molecule has 1 amide bonds. The van der Waals surface area contributed by atoms with Crippen LogP contribution in [0.4, 0.5) is 5.69 Å². The number of nitrogens with one attached hydrogen (secondary N) is 2. The molecule has 2 aromatic carbocycles. The SMILES string of the molecule is Cc1ccc([N+](=O)[O-])cc1S(=O)(=O)NNC(=O)c1nn(C(C)C)c(=O)c2ccccc12. The maximum absolute atomic E-state index is 12.8. The van der Waals surface area contributed by atoms with Crippen molar-refractivity contribution in [1.29, 1.82) is 0 Å². The molecule has 0 spiro atoms. The van der Waals surface area contributed by atoms with Crippen molar-refractivity contribution in [2.24, 2.45) is 0 Å². The van der Waals surface area contributed by atoms with E-state index in [0.29, 0.717) is 0 Å². The molecule has 0 radical (unpaired) electrons. The number of sulfonamides is 1. The summed E-state index contributed by atoms with van der Waals surface area (Å²) in [5, 5.41) is 15.6. The van der Waals surface area contributed by atoms with Gasteiger partial charge in [-0.05, 0) is 32.4 Å². The third-order valence-corrected chi connectivity index (χ3v) is 5.89. The quantitative estimate of drug-likeness (QED) is 0.433. The number of nitro benzene ring substituents is 1. The summed E-state index contributed by atoms with van der Waals surface area (Å²) in [7, 11) is -4.32. The van der Waals surface area contributed by atoms with Crippen molar-refractivity contribution in [2.45, 2.75) is 31.7 Å². The van der Waals surface area contributed by atoms with Gasteiger partial charge in [-0.2, -0.15) is 5.10 Å². The van der Waals surface area contributed by atoms with Crippen molar-refractivity contribution < 1.29 is 18.1 Å². The number of benzene rings is 2. The van der Waals surface area contributed by atoms with Crippen LogP contribution >= 0.6 is 0 Å². The number of aromatic nitrogens is 2. The smallest absolute Gasteiger partial charge is 0.272 e. The summed E-state index contributed by atoms with van der Waals surface area (Å²) in [6.07, 6.45) is 0. The fourth-order valence-electron chi connectivity index (χ4n) is 2.94. The van der Waals surface area contributed by atoms with Gasteiger partial charge in [0, 0.05) is 17.5 Å². The Balaban J connectivity index is 1.97. The molecule has 1 heterocycles. The molecule has 3 rings (SSSR count). The summed E-state index contributed by atoms with van der Waals surface area (Å²) < 4.78 is 26.4. The molecule has 162 valence electrons. The van der Waals surface area contributed by atoms with Crippen LogP contribution in [0.25, 0.3) is 10.8 Å². The van der Waals surface area contributed by atoms with Gasteiger partial charge < -0.3 is 0 Å². The number of carbonyl (C=O) groups excluding carboxylic acids is 1. The number of carbonyl (C=O) groups is 1. The molecule has 2 N–H and O–H groups in total. The number of nitro groups is 1. The normalized spacial score (nSPS) is 11.6. The molecule has 1 aromatic heterocycles. The fourth-order valence-corrected chi connectivity index (χ4v) is 4.05. The predicted octanol–water partition coefficient (Wildman–Crippen LogP) is 1.82. The first kappa shape index (κ1) is 22.1. The van der Waals surface area contributed by atoms with Crippen molar-refractivity contribution in [1.82, 2.24) is 20.0 Å². The van der Waals surface area contributed by atoms with Gasteiger partial charge in [0.2, 0.25) is 0 Å². The Hall–Kier alpha value is -3.64. The second kappa shape index (κ2) is 8.24. The van der Waals surface area contributed by atoms with Crippen LogP contribution in [0, 0.1) is 17.0 Å². The number of hydrogen-bond donors (Lipinski definition) is 2. The molecule has 31 heavy (non-hydrogen) atoms. The zero-order valence-electron chi connectivity index (χ0n) is 16.8. The average Bonchev–Trinajstić information content (AvgIpc) is 2.72. The van der Waals surface area contributed by atoms with E-state index in [0.717, 1.165) is 10.7 Å². The largest absolute Gasteiger partial charge is 0.287 e. The Bertz CT molecular complexity index is 1360. The molecule has 0 aliphatic carbocycles. The van der Waals surface area contributed by atoms with Gasteiger partial charge in [-0.15, -0.1) is 4.83 Å². The van der Waals surface area contributed by atoms with Gasteiger partial charge in [0.05, 0.1) is 21.2 Å². The highest BCUT2D eigenvalue weighted by atomic mass is 32.2. The summed E-state index contributed by atoms with van der Waals surface area (Å²) in [6.45, 7) is 4.91. The number of aryl methyl sites for hydroxylation is 1. The first-order chi connectivity index (χ1) is 14.5. The van der Waals surface area contributed by atoms with Crippen LogP contribution in [0.1, 0.15) is 35.9 Å². The predicted molar refractivity (Wildman–Crippen MR) is 112 cm³/mol. The van der Waals surface area contributed by atoms with Crippen LogP contribution in [0.2, 0.25) is 0 Å². The van der Waals surface area contributed by atoms with Crippen molar-refractivity contribution in [3.63, 3.8) is 0 Å². The van der Waals surface area contributed by atoms with Crippen molar-refractivity contribution >= 4 is 32.4 Å². The minimum absolute atomic E-state index is 0.151. The van der Waals surface area contributed by atoms with Gasteiger partial charge in [0.15, 0.2) is 5.69 Å². The lowest BCUT2D eigenvalue weighted by Gasteiger charge is -2.14. The first-order valence-corrected chi connectivity index (χ1v) is 10.6. The highest BCUT2D eigenvalue weighted by Crippen LogP contribution is 2.21. The molecule has 0 aliphatic heterocycles. The molecule has 0 atom stereocenters. The minimum Gasteiger partial charge on any atom is -0.272 e. The summed E-state index contributed by atoms with van der Waals surface area (Å²) in [5.41, 5.74) is 1.38.